The fourth-order valence-corrected chi connectivity index (χ4v) is 5.13. The maximum Gasteiger partial charge on any atom is 0.341 e. The van der Waals surface area contributed by atoms with E-state index in [9.17, 15) is 14.4 Å². The van der Waals surface area contributed by atoms with E-state index in [2.05, 4.69) is 5.32 Å². The largest absolute Gasteiger partial charge is 0.462 e. The normalized spacial score (nSPS) is 18.8. The molecule has 1 aromatic heterocycles. The summed E-state index contributed by atoms with van der Waals surface area (Å²) in [4.78, 5) is 41.8. The lowest BCUT2D eigenvalue weighted by Crippen LogP contribution is -2.52. The summed E-state index contributed by atoms with van der Waals surface area (Å²) in [5.74, 6) is -0.585. The molecule has 0 radical (unpaired) electrons. The van der Waals surface area contributed by atoms with Gasteiger partial charge in [0.2, 0.25) is 5.91 Å². The number of ether oxygens (including phenoxy) is 2. The summed E-state index contributed by atoms with van der Waals surface area (Å²) in [7, 11) is 0. The molecule has 1 unspecified atom stereocenters. The number of thiophene rings is 1. The Bertz CT molecular complexity index is 979. The van der Waals surface area contributed by atoms with Crippen LogP contribution in [0.15, 0.2) is 35.7 Å². The molecule has 0 spiro atoms. The molecule has 9 heteroatoms. The van der Waals surface area contributed by atoms with E-state index < -0.39 is 5.97 Å². The first-order valence-electron chi connectivity index (χ1n) is 11.3. The third kappa shape index (κ3) is 5.61. The molecule has 4 rings (SSSR count). The highest BCUT2D eigenvalue weighted by atomic mass is 32.1. The highest BCUT2D eigenvalue weighted by Gasteiger charge is 2.31. The van der Waals surface area contributed by atoms with E-state index in [0.717, 1.165) is 24.0 Å². The van der Waals surface area contributed by atoms with Crippen LogP contribution in [0.4, 0.5) is 5.00 Å². The molecular weight excluding hydrogens is 442 g/mol. The van der Waals surface area contributed by atoms with Gasteiger partial charge in [0.25, 0.3) is 5.91 Å². The van der Waals surface area contributed by atoms with Crippen LogP contribution >= 0.6 is 11.3 Å². The summed E-state index contributed by atoms with van der Waals surface area (Å²) in [6, 6.07) is 9.57. The van der Waals surface area contributed by atoms with E-state index in [1.807, 2.05) is 45.5 Å². The van der Waals surface area contributed by atoms with Gasteiger partial charge >= 0.3 is 5.97 Å². The van der Waals surface area contributed by atoms with Gasteiger partial charge in [0, 0.05) is 43.7 Å². The summed E-state index contributed by atoms with van der Waals surface area (Å²) < 4.78 is 10.8. The monoisotopic (exact) mass is 471 g/mol. The van der Waals surface area contributed by atoms with Crippen LogP contribution in [0.1, 0.15) is 30.1 Å². The number of nitrogens with zero attached hydrogens (tertiary/aromatic N) is 2. The number of esters is 1. The summed E-state index contributed by atoms with van der Waals surface area (Å²) in [5, 5.41) is 5.26. The lowest BCUT2D eigenvalue weighted by Gasteiger charge is -2.35. The maximum atomic E-state index is 12.8. The smallest absolute Gasteiger partial charge is 0.341 e. The topological polar surface area (TPSA) is 88.2 Å². The van der Waals surface area contributed by atoms with Gasteiger partial charge in [-0.1, -0.05) is 30.3 Å². The van der Waals surface area contributed by atoms with Crippen molar-refractivity contribution in [3.05, 3.63) is 41.3 Å². The Hall–Kier alpha value is -2.75. The van der Waals surface area contributed by atoms with Crippen LogP contribution in [0.25, 0.3) is 11.1 Å². The predicted octanol–water partition coefficient (Wildman–Crippen LogP) is 2.85. The molecule has 8 nitrogen and oxygen atoms in total. The molecule has 0 aliphatic carbocycles. The maximum absolute atomic E-state index is 12.8. The zero-order valence-electron chi connectivity index (χ0n) is 18.7. The van der Waals surface area contributed by atoms with Gasteiger partial charge in [-0.3, -0.25) is 14.5 Å². The first-order valence-corrected chi connectivity index (χ1v) is 12.2. The molecule has 1 N–H and O–H groups in total. The molecule has 2 aliphatic rings. The molecule has 0 saturated carbocycles. The number of hydrogen-bond acceptors (Lipinski definition) is 7. The number of carbonyl (C=O) groups excluding carboxylic acids is 3. The molecular formula is C24H29N3O5S. The number of amides is 2. The lowest BCUT2D eigenvalue weighted by molar-refractivity contribution is -0.142. The standard InChI is InChI=1S/C24H29N3O5S/c1-2-31-24(30)21-18(17-7-4-3-5-8-17)16-33-22(21)25-20(28)15-26-10-12-27(13-11-26)23(29)19-9-6-14-32-19/h3-5,7-8,16,19H,2,6,9-15H2,1H3,(H,25,28). The number of carbonyl (C=O) groups is 3. The zero-order valence-corrected chi connectivity index (χ0v) is 19.6. The Morgan fingerprint density at radius 3 is 2.58 bits per heavy atom. The van der Waals surface area contributed by atoms with Gasteiger partial charge in [0.1, 0.15) is 16.7 Å². The van der Waals surface area contributed by atoms with E-state index in [1.165, 1.54) is 11.3 Å². The molecule has 2 amide bonds. The van der Waals surface area contributed by atoms with Gasteiger partial charge in [-0.2, -0.15) is 0 Å². The number of rotatable bonds is 7. The lowest BCUT2D eigenvalue weighted by atomic mass is 10.0. The van der Waals surface area contributed by atoms with Crippen molar-refractivity contribution in [2.24, 2.45) is 0 Å². The van der Waals surface area contributed by atoms with Crippen LogP contribution in [0.5, 0.6) is 0 Å². The van der Waals surface area contributed by atoms with Crippen molar-refractivity contribution < 1.29 is 23.9 Å². The number of hydrogen-bond donors (Lipinski definition) is 1. The minimum Gasteiger partial charge on any atom is -0.462 e. The summed E-state index contributed by atoms with van der Waals surface area (Å²) in [5.41, 5.74) is 2.02. The Kier molecular flexibility index (Phi) is 7.74. The average molecular weight is 472 g/mol. The first-order chi connectivity index (χ1) is 16.1. The van der Waals surface area contributed by atoms with E-state index in [-0.39, 0.29) is 31.1 Å². The number of piperazine rings is 1. The molecule has 176 valence electrons. The Morgan fingerprint density at radius 2 is 1.91 bits per heavy atom. The molecule has 2 fully saturated rings. The molecule has 3 heterocycles. The highest BCUT2D eigenvalue weighted by Crippen LogP contribution is 2.36. The Labute approximate surface area is 197 Å². The van der Waals surface area contributed by atoms with Crippen LogP contribution in [-0.2, 0) is 19.1 Å². The van der Waals surface area contributed by atoms with Gasteiger partial charge in [0.05, 0.1) is 13.2 Å². The molecule has 2 saturated heterocycles. The third-order valence-electron chi connectivity index (χ3n) is 5.86. The van der Waals surface area contributed by atoms with Crippen molar-refractivity contribution >= 4 is 34.1 Å². The second-order valence-corrected chi connectivity index (χ2v) is 8.97. The summed E-state index contributed by atoms with van der Waals surface area (Å²) in [6.07, 6.45) is 1.41. The molecule has 33 heavy (non-hydrogen) atoms. The Morgan fingerprint density at radius 1 is 1.15 bits per heavy atom. The van der Waals surface area contributed by atoms with Crippen LogP contribution in [0.3, 0.4) is 0 Å². The van der Waals surface area contributed by atoms with Crippen LogP contribution in [-0.4, -0.2) is 79.6 Å². The third-order valence-corrected chi connectivity index (χ3v) is 6.76. The minimum atomic E-state index is -0.450. The SMILES string of the molecule is CCOC(=O)c1c(-c2ccccc2)csc1NC(=O)CN1CCN(C(=O)C2CCCO2)CC1. The van der Waals surface area contributed by atoms with Gasteiger partial charge in [-0.15, -0.1) is 11.3 Å². The van der Waals surface area contributed by atoms with E-state index in [4.69, 9.17) is 9.47 Å². The van der Waals surface area contributed by atoms with E-state index in [0.29, 0.717) is 43.4 Å². The number of nitrogens with one attached hydrogen (secondary N) is 1. The number of anilines is 1. The van der Waals surface area contributed by atoms with Crippen molar-refractivity contribution in [2.45, 2.75) is 25.9 Å². The van der Waals surface area contributed by atoms with E-state index in [1.54, 1.807) is 6.92 Å². The quantitative estimate of drug-likeness (QED) is 0.625. The van der Waals surface area contributed by atoms with Crippen molar-refractivity contribution in [1.82, 2.24) is 9.80 Å². The van der Waals surface area contributed by atoms with E-state index >= 15 is 0 Å². The first kappa shape index (κ1) is 23.4. The van der Waals surface area contributed by atoms with Crippen molar-refractivity contribution in [2.75, 3.05) is 51.3 Å². The van der Waals surface area contributed by atoms with Crippen LogP contribution in [0.2, 0.25) is 0 Å². The van der Waals surface area contributed by atoms with Gasteiger partial charge < -0.3 is 19.7 Å². The zero-order chi connectivity index (χ0) is 23.2. The van der Waals surface area contributed by atoms with Crippen LogP contribution < -0.4 is 5.32 Å². The fourth-order valence-electron chi connectivity index (χ4n) is 4.16. The molecule has 2 aromatic rings. The van der Waals surface area contributed by atoms with Crippen molar-refractivity contribution in [1.29, 1.82) is 0 Å². The number of benzene rings is 1. The van der Waals surface area contributed by atoms with Gasteiger partial charge in [-0.25, -0.2) is 4.79 Å². The Balaban J connectivity index is 1.37. The highest BCUT2D eigenvalue weighted by molar-refractivity contribution is 7.15. The van der Waals surface area contributed by atoms with Gasteiger partial charge in [0.15, 0.2) is 0 Å². The molecule has 1 atom stereocenters. The summed E-state index contributed by atoms with van der Waals surface area (Å²) >= 11 is 1.32. The molecule has 0 bridgehead atoms. The summed E-state index contributed by atoms with van der Waals surface area (Å²) in [6.45, 7) is 5.27. The average Bonchev–Trinajstić information content (AvgIpc) is 3.50. The van der Waals surface area contributed by atoms with Crippen LogP contribution in [0, 0.1) is 0 Å². The van der Waals surface area contributed by atoms with Gasteiger partial charge in [-0.05, 0) is 25.3 Å². The second kappa shape index (κ2) is 10.9. The predicted molar refractivity (Wildman–Crippen MR) is 126 cm³/mol. The minimum absolute atomic E-state index is 0.0581. The molecule has 2 aliphatic heterocycles. The fraction of sp³-hybridized carbons (Fsp3) is 0.458. The van der Waals surface area contributed by atoms with Crippen molar-refractivity contribution in [3.63, 3.8) is 0 Å². The molecule has 1 aromatic carbocycles. The van der Waals surface area contributed by atoms with Crippen molar-refractivity contribution in [3.8, 4) is 11.1 Å². The second-order valence-electron chi connectivity index (χ2n) is 8.09.